The number of carboxylic acid groups (broad SMARTS) is 1. The van der Waals surface area contributed by atoms with Gasteiger partial charge in [-0.3, -0.25) is 4.79 Å². The van der Waals surface area contributed by atoms with Gasteiger partial charge in [0.05, 0.1) is 5.92 Å². The van der Waals surface area contributed by atoms with E-state index in [-0.39, 0.29) is 11.3 Å². The first-order chi connectivity index (χ1) is 7.56. The van der Waals surface area contributed by atoms with Crippen LogP contribution in [0.2, 0.25) is 0 Å². The highest BCUT2D eigenvalue weighted by Crippen LogP contribution is 2.65. The summed E-state index contributed by atoms with van der Waals surface area (Å²) >= 11 is 0. The van der Waals surface area contributed by atoms with Gasteiger partial charge in [-0.15, -0.1) is 0 Å². The van der Waals surface area contributed by atoms with Crippen molar-refractivity contribution in [2.24, 2.45) is 22.7 Å². The van der Waals surface area contributed by atoms with Crippen LogP contribution in [0.15, 0.2) is 12.2 Å². The van der Waals surface area contributed by atoms with Crippen LogP contribution < -0.4 is 0 Å². The maximum absolute atomic E-state index is 11.2. The van der Waals surface area contributed by atoms with Crippen molar-refractivity contribution in [1.29, 1.82) is 0 Å². The maximum Gasteiger partial charge on any atom is 0.307 e. The highest BCUT2D eigenvalue weighted by atomic mass is 16.4. The lowest BCUT2D eigenvalue weighted by atomic mass is 9.62. The second-order valence-electron chi connectivity index (χ2n) is 6.30. The maximum atomic E-state index is 11.2. The van der Waals surface area contributed by atoms with Gasteiger partial charge in [0, 0.05) is 0 Å². The third-order valence-corrected chi connectivity index (χ3v) is 5.59. The Morgan fingerprint density at radius 1 is 1.31 bits per heavy atom. The van der Waals surface area contributed by atoms with Crippen LogP contribution >= 0.6 is 0 Å². The Balaban J connectivity index is 1.91. The fraction of sp³-hybridized carbons (Fsp3) is 0.786. The Labute approximate surface area is 96.7 Å². The third-order valence-electron chi connectivity index (χ3n) is 5.59. The summed E-state index contributed by atoms with van der Waals surface area (Å²) in [6.45, 7) is 2.39. The Hall–Kier alpha value is -0.790. The van der Waals surface area contributed by atoms with E-state index >= 15 is 0 Å². The standard InChI is InChI=1S/C14H20O2/c1-13(5-2-3-6-13)14-7-4-10(8-14)11(9-14)12(15)16/h4,7,10-11H,2-3,5-6,8-9H2,1H3,(H,15,16). The van der Waals surface area contributed by atoms with E-state index in [0.717, 1.165) is 12.8 Å². The molecule has 2 nitrogen and oxygen atoms in total. The number of carbonyl (C=O) groups is 1. The van der Waals surface area contributed by atoms with Crippen LogP contribution in [0.3, 0.4) is 0 Å². The number of hydrogen-bond acceptors (Lipinski definition) is 1. The molecule has 0 amide bonds. The fourth-order valence-electron chi connectivity index (χ4n) is 4.45. The summed E-state index contributed by atoms with van der Waals surface area (Å²) in [6, 6.07) is 0. The summed E-state index contributed by atoms with van der Waals surface area (Å²) in [4.78, 5) is 11.2. The van der Waals surface area contributed by atoms with E-state index < -0.39 is 5.97 Å². The molecule has 2 heteroatoms. The molecule has 3 atom stereocenters. The summed E-state index contributed by atoms with van der Waals surface area (Å²) in [5.41, 5.74) is 0.597. The van der Waals surface area contributed by atoms with Crippen molar-refractivity contribution in [2.45, 2.75) is 45.4 Å². The lowest BCUT2D eigenvalue weighted by molar-refractivity contribution is -0.142. The fourth-order valence-corrected chi connectivity index (χ4v) is 4.45. The zero-order chi connectivity index (χ0) is 11.4. The molecular formula is C14H20O2. The molecule has 2 bridgehead atoms. The van der Waals surface area contributed by atoms with Crippen molar-refractivity contribution in [1.82, 2.24) is 0 Å². The zero-order valence-corrected chi connectivity index (χ0v) is 9.91. The van der Waals surface area contributed by atoms with Crippen molar-refractivity contribution >= 4 is 5.97 Å². The van der Waals surface area contributed by atoms with Gasteiger partial charge in [0.1, 0.15) is 0 Å². The zero-order valence-electron chi connectivity index (χ0n) is 9.91. The molecule has 0 aromatic rings. The molecule has 3 unspecified atom stereocenters. The molecule has 16 heavy (non-hydrogen) atoms. The molecule has 3 rings (SSSR count). The number of hydrogen-bond donors (Lipinski definition) is 1. The van der Waals surface area contributed by atoms with Crippen molar-refractivity contribution in [2.75, 3.05) is 0 Å². The van der Waals surface area contributed by atoms with E-state index in [2.05, 4.69) is 19.1 Å². The van der Waals surface area contributed by atoms with Gasteiger partial charge in [0.2, 0.25) is 0 Å². The Morgan fingerprint density at radius 3 is 2.56 bits per heavy atom. The molecule has 3 aliphatic carbocycles. The molecule has 2 saturated carbocycles. The Bertz CT molecular complexity index is 352. The lowest BCUT2D eigenvalue weighted by Crippen LogP contribution is -2.34. The number of carboxylic acids is 1. The topological polar surface area (TPSA) is 37.3 Å². The molecule has 0 aromatic carbocycles. The molecule has 0 aliphatic heterocycles. The minimum atomic E-state index is -0.585. The van der Waals surface area contributed by atoms with E-state index in [1.165, 1.54) is 25.7 Å². The Kier molecular flexibility index (Phi) is 2.02. The first kappa shape index (κ1) is 10.4. The van der Waals surface area contributed by atoms with Gasteiger partial charge < -0.3 is 5.11 Å². The van der Waals surface area contributed by atoms with E-state index in [0.29, 0.717) is 11.3 Å². The highest BCUT2D eigenvalue weighted by molar-refractivity contribution is 5.72. The van der Waals surface area contributed by atoms with Gasteiger partial charge in [-0.05, 0) is 42.4 Å². The van der Waals surface area contributed by atoms with Crippen molar-refractivity contribution in [3.05, 3.63) is 12.2 Å². The minimum absolute atomic E-state index is 0.109. The average Bonchev–Trinajstić information content (AvgIpc) is 2.90. The van der Waals surface area contributed by atoms with Crippen LogP contribution in [-0.2, 0) is 4.79 Å². The first-order valence-electron chi connectivity index (χ1n) is 6.49. The molecular weight excluding hydrogens is 200 g/mol. The molecule has 3 aliphatic rings. The lowest BCUT2D eigenvalue weighted by Gasteiger charge is -2.42. The first-order valence-corrected chi connectivity index (χ1v) is 6.49. The number of aliphatic carboxylic acids is 1. The largest absolute Gasteiger partial charge is 0.481 e. The third kappa shape index (κ3) is 1.16. The summed E-state index contributed by atoms with van der Waals surface area (Å²) in [7, 11) is 0. The molecule has 0 radical (unpaired) electrons. The van der Waals surface area contributed by atoms with E-state index in [1.54, 1.807) is 0 Å². The summed E-state index contributed by atoms with van der Waals surface area (Å²) in [5.74, 6) is -0.379. The van der Waals surface area contributed by atoms with Gasteiger partial charge in [0.25, 0.3) is 0 Å². The van der Waals surface area contributed by atoms with Crippen LogP contribution in [-0.4, -0.2) is 11.1 Å². The highest BCUT2D eigenvalue weighted by Gasteiger charge is 2.58. The van der Waals surface area contributed by atoms with Crippen molar-refractivity contribution in [3.63, 3.8) is 0 Å². The molecule has 2 fully saturated rings. The predicted octanol–water partition coefficient (Wildman–Crippen LogP) is 3.23. The van der Waals surface area contributed by atoms with Gasteiger partial charge in [0.15, 0.2) is 0 Å². The van der Waals surface area contributed by atoms with Crippen LogP contribution in [0.1, 0.15) is 45.4 Å². The average molecular weight is 220 g/mol. The van der Waals surface area contributed by atoms with Crippen LogP contribution in [0.5, 0.6) is 0 Å². The van der Waals surface area contributed by atoms with E-state index in [9.17, 15) is 9.90 Å². The van der Waals surface area contributed by atoms with Crippen molar-refractivity contribution < 1.29 is 9.90 Å². The Morgan fingerprint density at radius 2 is 2.00 bits per heavy atom. The molecule has 0 spiro atoms. The molecule has 0 aromatic heterocycles. The van der Waals surface area contributed by atoms with Crippen molar-refractivity contribution in [3.8, 4) is 0 Å². The number of fused-ring (bicyclic) bond motifs is 2. The summed E-state index contributed by atoms with van der Waals surface area (Å²) < 4.78 is 0. The molecule has 0 heterocycles. The molecule has 88 valence electrons. The monoisotopic (exact) mass is 220 g/mol. The van der Waals surface area contributed by atoms with Gasteiger partial charge in [-0.2, -0.15) is 0 Å². The van der Waals surface area contributed by atoms with Crippen LogP contribution in [0, 0.1) is 22.7 Å². The number of rotatable bonds is 2. The quantitative estimate of drug-likeness (QED) is 0.725. The minimum Gasteiger partial charge on any atom is -0.481 e. The van der Waals surface area contributed by atoms with Gasteiger partial charge in [-0.1, -0.05) is 31.9 Å². The summed E-state index contributed by atoms with van der Waals surface area (Å²) in [5, 5.41) is 9.24. The summed E-state index contributed by atoms with van der Waals surface area (Å²) in [6.07, 6.45) is 11.8. The van der Waals surface area contributed by atoms with E-state index in [4.69, 9.17) is 0 Å². The number of allylic oxidation sites excluding steroid dienone is 2. The second-order valence-corrected chi connectivity index (χ2v) is 6.30. The second kappa shape index (κ2) is 3.12. The smallest absolute Gasteiger partial charge is 0.307 e. The predicted molar refractivity (Wildman–Crippen MR) is 62.0 cm³/mol. The normalized spacial score (nSPS) is 44.1. The molecule has 1 N–H and O–H groups in total. The van der Waals surface area contributed by atoms with Crippen LogP contribution in [0.4, 0.5) is 0 Å². The SMILES string of the molecule is CC1(C23C=CC(C2)C(C(=O)O)C3)CCCC1. The van der Waals surface area contributed by atoms with Crippen LogP contribution in [0.25, 0.3) is 0 Å². The van der Waals surface area contributed by atoms with E-state index in [1.807, 2.05) is 0 Å². The van der Waals surface area contributed by atoms with Gasteiger partial charge in [-0.25, -0.2) is 0 Å². The van der Waals surface area contributed by atoms with Gasteiger partial charge >= 0.3 is 5.97 Å². The molecule has 0 saturated heterocycles.